The van der Waals surface area contributed by atoms with Gasteiger partial charge in [0.1, 0.15) is 0 Å². The minimum Gasteiger partial charge on any atom is -0.478 e. The number of aromatic carboxylic acids is 1. The first kappa shape index (κ1) is 13.0. The van der Waals surface area contributed by atoms with E-state index in [0.717, 1.165) is 4.90 Å². The van der Waals surface area contributed by atoms with E-state index < -0.39 is 5.97 Å². The third-order valence-electron chi connectivity index (χ3n) is 1.21. The van der Waals surface area contributed by atoms with Crippen LogP contribution < -0.4 is 0 Å². The zero-order chi connectivity index (χ0) is 11.0. The van der Waals surface area contributed by atoms with E-state index in [-0.39, 0.29) is 18.8 Å². The van der Waals surface area contributed by atoms with Crippen molar-refractivity contribution in [2.75, 3.05) is 13.2 Å². The molecule has 0 spiro atoms. The van der Waals surface area contributed by atoms with Crippen LogP contribution >= 0.6 is 12.6 Å². The van der Waals surface area contributed by atoms with Gasteiger partial charge in [-0.05, 0) is 24.3 Å². The molecule has 0 saturated carbocycles. The topological polar surface area (TPSA) is 77.8 Å². The number of carboxylic acids is 1. The van der Waals surface area contributed by atoms with E-state index in [2.05, 4.69) is 12.6 Å². The SMILES string of the molecule is O=C(O)c1ccc(S)cc1.OCCO. The molecule has 0 amide bonds. The van der Waals surface area contributed by atoms with Crippen molar-refractivity contribution >= 4 is 18.6 Å². The summed E-state index contributed by atoms with van der Waals surface area (Å²) in [4.78, 5) is 11.1. The van der Waals surface area contributed by atoms with Crippen LogP contribution in [-0.2, 0) is 0 Å². The standard InChI is InChI=1S/C7H6O2S.C2H6O2/c8-7(9)5-1-3-6(10)4-2-5;3-1-2-4/h1-4,10H,(H,8,9);3-4H,1-2H2. The quantitative estimate of drug-likeness (QED) is 0.547. The molecule has 0 saturated heterocycles. The van der Waals surface area contributed by atoms with Gasteiger partial charge in [0.15, 0.2) is 0 Å². The summed E-state index contributed by atoms with van der Waals surface area (Å²) in [6, 6.07) is 6.33. The third kappa shape index (κ3) is 5.58. The van der Waals surface area contributed by atoms with Gasteiger partial charge in [-0.2, -0.15) is 0 Å². The number of hydrogen-bond acceptors (Lipinski definition) is 4. The summed E-state index contributed by atoms with van der Waals surface area (Å²) in [6.45, 7) is -0.250. The second-order valence-corrected chi connectivity index (χ2v) is 2.82. The van der Waals surface area contributed by atoms with E-state index in [4.69, 9.17) is 15.3 Å². The average Bonchev–Trinajstić information content (AvgIpc) is 2.19. The summed E-state index contributed by atoms with van der Waals surface area (Å²) in [7, 11) is 0. The Morgan fingerprint density at radius 3 is 1.86 bits per heavy atom. The van der Waals surface area contributed by atoms with Crippen LogP contribution in [-0.4, -0.2) is 34.5 Å². The van der Waals surface area contributed by atoms with Crippen molar-refractivity contribution in [3.05, 3.63) is 29.8 Å². The molecule has 0 aliphatic heterocycles. The highest BCUT2D eigenvalue weighted by Gasteiger charge is 1.98. The highest BCUT2D eigenvalue weighted by Crippen LogP contribution is 2.06. The molecule has 3 N–H and O–H groups in total. The van der Waals surface area contributed by atoms with Crippen molar-refractivity contribution in [1.82, 2.24) is 0 Å². The minimum absolute atomic E-state index is 0.125. The molecular formula is C9H12O4S. The van der Waals surface area contributed by atoms with Gasteiger partial charge in [0, 0.05) is 4.90 Å². The van der Waals surface area contributed by atoms with Crippen molar-refractivity contribution in [3.8, 4) is 0 Å². The predicted octanol–water partition coefficient (Wildman–Crippen LogP) is 0.644. The lowest BCUT2D eigenvalue weighted by Crippen LogP contribution is -1.94. The number of aliphatic hydroxyl groups excluding tert-OH is 2. The molecule has 1 rings (SSSR count). The fourth-order valence-corrected chi connectivity index (χ4v) is 0.753. The molecule has 0 aliphatic carbocycles. The smallest absolute Gasteiger partial charge is 0.335 e. The highest BCUT2D eigenvalue weighted by molar-refractivity contribution is 7.80. The molecule has 78 valence electrons. The Kier molecular flexibility index (Phi) is 6.82. The van der Waals surface area contributed by atoms with Gasteiger partial charge in [-0.15, -0.1) is 12.6 Å². The molecule has 0 aliphatic rings. The molecule has 0 bridgehead atoms. The Bertz CT molecular complexity index is 269. The molecule has 4 nitrogen and oxygen atoms in total. The molecule has 0 atom stereocenters. The van der Waals surface area contributed by atoms with Crippen molar-refractivity contribution in [3.63, 3.8) is 0 Å². The Balaban J connectivity index is 0.000000364. The molecule has 1 aromatic carbocycles. The van der Waals surface area contributed by atoms with Crippen LogP contribution in [0.5, 0.6) is 0 Å². The molecule has 5 heteroatoms. The third-order valence-corrected chi connectivity index (χ3v) is 1.51. The van der Waals surface area contributed by atoms with Crippen LogP contribution in [0.1, 0.15) is 10.4 Å². The van der Waals surface area contributed by atoms with E-state index in [1.165, 1.54) is 12.1 Å². The first-order chi connectivity index (χ1) is 6.61. The maximum atomic E-state index is 10.3. The van der Waals surface area contributed by atoms with Crippen molar-refractivity contribution in [2.45, 2.75) is 4.90 Å². The molecule has 0 fully saturated rings. The molecule has 0 radical (unpaired) electrons. The number of rotatable bonds is 2. The van der Waals surface area contributed by atoms with Crippen molar-refractivity contribution in [1.29, 1.82) is 0 Å². The fraction of sp³-hybridized carbons (Fsp3) is 0.222. The zero-order valence-corrected chi connectivity index (χ0v) is 8.32. The summed E-state index contributed by atoms with van der Waals surface area (Å²) in [6.07, 6.45) is 0. The summed E-state index contributed by atoms with van der Waals surface area (Å²) >= 11 is 4.01. The summed E-state index contributed by atoms with van der Waals surface area (Å²) in [5.41, 5.74) is 0.290. The summed E-state index contributed by atoms with van der Waals surface area (Å²) < 4.78 is 0. The number of aliphatic hydroxyl groups is 2. The lowest BCUT2D eigenvalue weighted by molar-refractivity contribution is 0.0697. The first-order valence-electron chi connectivity index (χ1n) is 3.86. The van der Waals surface area contributed by atoms with E-state index in [9.17, 15) is 4.79 Å². The maximum Gasteiger partial charge on any atom is 0.335 e. The predicted molar refractivity (Wildman–Crippen MR) is 54.8 cm³/mol. The maximum absolute atomic E-state index is 10.3. The summed E-state index contributed by atoms with van der Waals surface area (Å²) in [5.74, 6) is -0.909. The van der Waals surface area contributed by atoms with E-state index in [1.54, 1.807) is 12.1 Å². The zero-order valence-electron chi connectivity index (χ0n) is 7.42. The van der Waals surface area contributed by atoms with Crippen molar-refractivity contribution in [2.24, 2.45) is 0 Å². The Morgan fingerprint density at radius 1 is 1.14 bits per heavy atom. The van der Waals surface area contributed by atoms with Gasteiger partial charge in [0.25, 0.3) is 0 Å². The molecule has 0 unspecified atom stereocenters. The van der Waals surface area contributed by atoms with Gasteiger partial charge in [-0.25, -0.2) is 4.79 Å². The number of thiol groups is 1. The van der Waals surface area contributed by atoms with Gasteiger partial charge in [-0.1, -0.05) is 0 Å². The summed E-state index contributed by atoms with van der Waals surface area (Å²) in [5, 5.41) is 23.7. The minimum atomic E-state index is -0.909. The van der Waals surface area contributed by atoms with Gasteiger partial charge in [-0.3, -0.25) is 0 Å². The lowest BCUT2D eigenvalue weighted by Gasteiger charge is -1.92. The van der Waals surface area contributed by atoms with Crippen LogP contribution in [0.2, 0.25) is 0 Å². The highest BCUT2D eigenvalue weighted by atomic mass is 32.1. The Hall–Kier alpha value is -1.04. The number of carbonyl (C=O) groups is 1. The second-order valence-electron chi connectivity index (χ2n) is 2.30. The molecule has 0 heterocycles. The molecule has 0 aromatic heterocycles. The van der Waals surface area contributed by atoms with E-state index in [1.807, 2.05) is 0 Å². The fourth-order valence-electron chi connectivity index (χ4n) is 0.604. The molecule has 1 aromatic rings. The number of carboxylic acid groups (broad SMARTS) is 1. The van der Waals surface area contributed by atoms with Crippen LogP contribution in [0.4, 0.5) is 0 Å². The lowest BCUT2D eigenvalue weighted by atomic mass is 10.2. The van der Waals surface area contributed by atoms with Crippen LogP contribution in [0, 0.1) is 0 Å². The van der Waals surface area contributed by atoms with E-state index in [0.29, 0.717) is 0 Å². The van der Waals surface area contributed by atoms with Crippen LogP contribution in [0.15, 0.2) is 29.2 Å². The number of hydrogen-bond donors (Lipinski definition) is 4. The Morgan fingerprint density at radius 2 is 1.57 bits per heavy atom. The largest absolute Gasteiger partial charge is 0.478 e. The monoisotopic (exact) mass is 216 g/mol. The first-order valence-corrected chi connectivity index (χ1v) is 4.30. The molecule has 14 heavy (non-hydrogen) atoms. The van der Waals surface area contributed by atoms with Gasteiger partial charge in [0.05, 0.1) is 18.8 Å². The van der Waals surface area contributed by atoms with Gasteiger partial charge in [0.2, 0.25) is 0 Å². The Labute approximate surface area is 87.2 Å². The number of benzene rings is 1. The normalized spacial score (nSPS) is 8.79. The van der Waals surface area contributed by atoms with Gasteiger partial charge >= 0.3 is 5.97 Å². The van der Waals surface area contributed by atoms with Gasteiger partial charge < -0.3 is 15.3 Å². The van der Waals surface area contributed by atoms with E-state index >= 15 is 0 Å². The van der Waals surface area contributed by atoms with Crippen LogP contribution in [0.25, 0.3) is 0 Å². The second kappa shape index (κ2) is 7.37. The molecular weight excluding hydrogens is 204 g/mol. The average molecular weight is 216 g/mol. The van der Waals surface area contributed by atoms with Crippen LogP contribution in [0.3, 0.4) is 0 Å². The van der Waals surface area contributed by atoms with Crippen molar-refractivity contribution < 1.29 is 20.1 Å².